The molecule has 0 heterocycles. The van der Waals surface area contributed by atoms with Gasteiger partial charge in [0.1, 0.15) is 11.5 Å². The number of benzene rings is 3. The van der Waals surface area contributed by atoms with Crippen molar-refractivity contribution in [2.75, 3.05) is 17.6 Å². The molecule has 0 aromatic heterocycles. The number of hydrogen-bond acceptors (Lipinski definition) is 4. The average Bonchev–Trinajstić information content (AvgIpc) is 2.66. The Morgan fingerprint density at radius 3 is 2.35 bits per heavy atom. The Bertz CT molecular complexity index is 878. The molecule has 0 spiro atoms. The topological polar surface area (TPSA) is 76.4 Å². The molecule has 132 valence electrons. The molecule has 0 aliphatic heterocycles. The van der Waals surface area contributed by atoms with E-state index in [9.17, 15) is 4.79 Å². The van der Waals surface area contributed by atoms with Crippen LogP contribution >= 0.6 is 0 Å². The van der Waals surface area contributed by atoms with Gasteiger partial charge in [-0.3, -0.25) is 4.79 Å². The van der Waals surface area contributed by atoms with Crippen molar-refractivity contribution >= 4 is 23.0 Å². The number of nitrogens with two attached hydrogens (primary N) is 1. The second kappa shape index (κ2) is 8.07. The van der Waals surface area contributed by atoms with E-state index in [1.165, 1.54) is 0 Å². The Kier molecular flexibility index (Phi) is 5.39. The number of nitrogens with one attached hydrogen (secondary N) is 2. The highest BCUT2D eigenvalue weighted by Gasteiger charge is 2.11. The number of ether oxygens (including phenoxy) is 1. The third-order valence-electron chi connectivity index (χ3n) is 3.74. The first-order valence-electron chi connectivity index (χ1n) is 8.43. The smallest absolute Gasteiger partial charge is 0.253 e. The predicted octanol–water partition coefficient (Wildman–Crippen LogP) is 4.55. The monoisotopic (exact) mass is 347 g/mol. The van der Waals surface area contributed by atoms with Gasteiger partial charge in [0.15, 0.2) is 0 Å². The molecule has 0 bridgehead atoms. The highest BCUT2D eigenvalue weighted by Crippen LogP contribution is 2.26. The number of hydrogen-bond donors (Lipinski definition) is 3. The fourth-order valence-corrected chi connectivity index (χ4v) is 2.50. The van der Waals surface area contributed by atoms with Crippen LogP contribution in [0.1, 0.15) is 17.3 Å². The summed E-state index contributed by atoms with van der Waals surface area (Å²) in [6, 6.07) is 22.4. The van der Waals surface area contributed by atoms with E-state index in [-0.39, 0.29) is 5.91 Å². The second-order valence-electron chi connectivity index (χ2n) is 5.73. The minimum absolute atomic E-state index is 0.161. The van der Waals surface area contributed by atoms with E-state index in [0.29, 0.717) is 23.5 Å². The molecule has 3 aromatic carbocycles. The van der Waals surface area contributed by atoms with E-state index in [2.05, 4.69) is 10.6 Å². The maximum atomic E-state index is 12.2. The number of carbonyl (C=O) groups is 1. The summed E-state index contributed by atoms with van der Waals surface area (Å²) in [5.41, 5.74) is 8.42. The summed E-state index contributed by atoms with van der Waals surface area (Å²) in [6.07, 6.45) is 0. The molecule has 0 aliphatic carbocycles. The summed E-state index contributed by atoms with van der Waals surface area (Å²) in [7, 11) is 0. The van der Waals surface area contributed by atoms with Gasteiger partial charge < -0.3 is 21.1 Å². The van der Waals surface area contributed by atoms with E-state index in [1.54, 1.807) is 18.2 Å². The minimum atomic E-state index is -0.161. The van der Waals surface area contributed by atoms with Gasteiger partial charge in [0.2, 0.25) is 0 Å². The highest BCUT2D eigenvalue weighted by molar-refractivity contribution is 6.01. The lowest BCUT2D eigenvalue weighted by molar-refractivity contribution is 0.0956. The van der Waals surface area contributed by atoms with E-state index in [1.807, 2.05) is 61.5 Å². The molecule has 5 nitrogen and oxygen atoms in total. The molecule has 0 saturated carbocycles. The summed E-state index contributed by atoms with van der Waals surface area (Å²) in [5.74, 6) is 1.36. The summed E-state index contributed by atoms with van der Waals surface area (Å²) < 4.78 is 5.78. The first-order valence-corrected chi connectivity index (χ1v) is 8.43. The quantitative estimate of drug-likeness (QED) is 0.572. The molecule has 1 amide bonds. The van der Waals surface area contributed by atoms with Crippen LogP contribution in [0.5, 0.6) is 11.5 Å². The van der Waals surface area contributed by atoms with Gasteiger partial charge in [-0.2, -0.15) is 0 Å². The minimum Gasteiger partial charge on any atom is -0.457 e. The first-order chi connectivity index (χ1) is 12.7. The van der Waals surface area contributed by atoms with Crippen LogP contribution in [-0.4, -0.2) is 12.5 Å². The van der Waals surface area contributed by atoms with Crippen molar-refractivity contribution < 1.29 is 9.53 Å². The van der Waals surface area contributed by atoms with Crippen LogP contribution in [0.2, 0.25) is 0 Å². The number of rotatable bonds is 6. The zero-order valence-corrected chi connectivity index (χ0v) is 14.5. The summed E-state index contributed by atoms with van der Waals surface area (Å²) in [4.78, 5) is 12.2. The SMILES string of the molecule is CCNC(=O)c1cc(N)ccc1Nc1ccc(Oc2ccccc2)cc1. The third kappa shape index (κ3) is 4.33. The molecular formula is C21H21N3O2. The van der Waals surface area contributed by atoms with Crippen LogP contribution in [0, 0.1) is 0 Å². The van der Waals surface area contributed by atoms with Gasteiger partial charge in [-0.15, -0.1) is 0 Å². The Morgan fingerprint density at radius 2 is 1.65 bits per heavy atom. The molecule has 0 unspecified atom stereocenters. The second-order valence-corrected chi connectivity index (χ2v) is 5.73. The lowest BCUT2D eigenvalue weighted by Crippen LogP contribution is -2.23. The Morgan fingerprint density at radius 1 is 0.962 bits per heavy atom. The average molecular weight is 347 g/mol. The maximum absolute atomic E-state index is 12.2. The standard InChI is InChI=1S/C21H21N3O2/c1-2-23-21(25)19-14-15(22)8-13-20(19)24-16-9-11-18(12-10-16)26-17-6-4-3-5-7-17/h3-14,24H,2,22H2,1H3,(H,23,25). The zero-order chi connectivity index (χ0) is 18.4. The fourth-order valence-electron chi connectivity index (χ4n) is 2.50. The number of amides is 1. The van der Waals surface area contributed by atoms with Gasteiger partial charge in [0, 0.05) is 17.9 Å². The lowest BCUT2D eigenvalue weighted by atomic mass is 10.1. The summed E-state index contributed by atoms with van der Waals surface area (Å²) in [5, 5.41) is 6.06. The van der Waals surface area contributed by atoms with Gasteiger partial charge in [-0.05, 0) is 61.5 Å². The van der Waals surface area contributed by atoms with Crippen LogP contribution in [0.15, 0.2) is 72.8 Å². The Labute approximate surface area is 152 Å². The third-order valence-corrected chi connectivity index (χ3v) is 3.74. The van der Waals surface area contributed by atoms with Gasteiger partial charge in [0.25, 0.3) is 5.91 Å². The summed E-state index contributed by atoms with van der Waals surface area (Å²) >= 11 is 0. The number of anilines is 3. The molecule has 0 fully saturated rings. The Balaban J connectivity index is 1.76. The molecule has 0 aliphatic rings. The highest BCUT2D eigenvalue weighted by atomic mass is 16.5. The molecule has 3 aromatic rings. The first kappa shape index (κ1) is 17.4. The van der Waals surface area contributed by atoms with Crippen molar-refractivity contribution in [3.63, 3.8) is 0 Å². The number of carbonyl (C=O) groups excluding carboxylic acids is 1. The van der Waals surface area contributed by atoms with Gasteiger partial charge in [-0.25, -0.2) is 0 Å². The van der Waals surface area contributed by atoms with Crippen LogP contribution in [0.4, 0.5) is 17.1 Å². The molecule has 5 heteroatoms. The van der Waals surface area contributed by atoms with Crippen LogP contribution in [-0.2, 0) is 0 Å². The van der Waals surface area contributed by atoms with E-state index in [4.69, 9.17) is 10.5 Å². The van der Waals surface area contributed by atoms with Crippen LogP contribution in [0.25, 0.3) is 0 Å². The van der Waals surface area contributed by atoms with Crippen molar-refractivity contribution in [2.45, 2.75) is 6.92 Å². The van der Waals surface area contributed by atoms with Crippen LogP contribution in [0.3, 0.4) is 0 Å². The molecular weight excluding hydrogens is 326 g/mol. The largest absolute Gasteiger partial charge is 0.457 e. The molecule has 0 atom stereocenters. The van der Waals surface area contributed by atoms with Crippen molar-refractivity contribution in [3.8, 4) is 11.5 Å². The van der Waals surface area contributed by atoms with Gasteiger partial charge in [-0.1, -0.05) is 18.2 Å². The molecule has 3 rings (SSSR count). The van der Waals surface area contributed by atoms with Crippen molar-refractivity contribution in [1.29, 1.82) is 0 Å². The Hall–Kier alpha value is -3.47. The van der Waals surface area contributed by atoms with E-state index in [0.717, 1.165) is 17.2 Å². The predicted molar refractivity (Wildman–Crippen MR) is 105 cm³/mol. The van der Waals surface area contributed by atoms with Gasteiger partial charge >= 0.3 is 0 Å². The molecule has 0 saturated heterocycles. The van der Waals surface area contributed by atoms with Crippen molar-refractivity contribution in [3.05, 3.63) is 78.4 Å². The van der Waals surface area contributed by atoms with Crippen molar-refractivity contribution in [2.24, 2.45) is 0 Å². The molecule has 4 N–H and O–H groups in total. The maximum Gasteiger partial charge on any atom is 0.253 e. The number of para-hydroxylation sites is 1. The van der Waals surface area contributed by atoms with Crippen LogP contribution < -0.4 is 21.1 Å². The van der Waals surface area contributed by atoms with Gasteiger partial charge in [0.05, 0.1) is 11.3 Å². The fraction of sp³-hybridized carbons (Fsp3) is 0.0952. The summed E-state index contributed by atoms with van der Waals surface area (Å²) in [6.45, 7) is 2.43. The molecule has 0 radical (unpaired) electrons. The number of nitrogen functional groups attached to an aromatic ring is 1. The van der Waals surface area contributed by atoms with E-state index < -0.39 is 0 Å². The van der Waals surface area contributed by atoms with E-state index >= 15 is 0 Å². The molecule has 26 heavy (non-hydrogen) atoms. The zero-order valence-electron chi connectivity index (χ0n) is 14.5. The lowest BCUT2D eigenvalue weighted by Gasteiger charge is -2.13. The normalized spacial score (nSPS) is 10.2. The van der Waals surface area contributed by atoms with Crippen molar-refractivity contribution in [1.82, 2.24) is 5.32 Å².